The highest BCUT2D eigenvalue weighted by atomic mass is 35.5. The predicted octanol–water partition coefficient (Wildman–Crippen LogP) is 2.22. The fourth-order valence-corrected chi connectivity index (χ4v) is 2.88. The van der Waals surface area contributed by atoms with E-state index in [0.29, 0.717) is 10.8 Å². The highest BCUT2D eigenvalue weighted by Gasteiger charge is 2.23. The predicted molar refractivity (Wildman–Crippen MR) is 68.7 cm³/mol. The van der Waals surface area contributed by atoms with Crippen molar-refractivity contribution in [3.05, 3.63) is 27.8 Å². The summed E-state index contributed by atoms with van der Waals surface area (Å²) in [6, 6.07) is 1.55. The average molecular weight is 256 g/mol. The van der Waals surface area contributed by atoms with Crippen LogP contribution in [-0.4, -0.2) is 18.8 Å². The van der Waals surface area contributed by atoms with Crippen molar-refractivity contribution in [1.82, 2.24) is 0 Å². The highest BCUT2D eigenvalue weighted by Crippen LogP contribution is 2.39. The fourth-order valence-electron chi connectivity index (χ4n) is 2.57. The van der Waals surface area contributed by atoms with Gasteiger partial charge in [-0.1, -0.05) is 11.6 Å². The SMILES string of the molecule is COc1c(Cl)cc2c(c1C(N)CO)CCCC2. The molecule has 0 saturated carbocycles. The van der Waals surface area contributed by atoms with Gasteiger partial charge in [0.25, 0.3) is 0 Å². The van der Waals surface area contributed by atoms with Gasteiger partial charge in [0, 0.05) is 5.56 Å². The van der Waals surface area contributed by atoms with Crippen LogP contribution in [0.1, 0.15) is 35.6 Å². The van der Waals surface area contributed by atoms with Gasteiger partial charge in [0.05, 0.1) is 24.8 Å². The molecule has 1 aliphatic rings. The number of nitrogens with two attached hydrogens (primary N) is 1. The van der Waals surface area contributed by atoms with Crippen molar-refractivity contribution in [3.8, 4) is 5.75 Å². The van der Waals surface area contributed by atoms with Gasteiger partial charge in [-0.3, -0.25) is 0 Å². The molecule has 0 amide bonds. The zero-order chi connectivity index (χ0) is 12.4. The Morgan fingerprint density at radius 2 is 2.18 bits per heavy atom. The number of hydrogen-bond acceptors (Lipinski definition) is 3. The van der Waals surface area contributed by atoms with E-state index in [0.717, 1.165) is 24.8 Å². The Morgan fingerprint density at radius 3 is 2.82 bits per heavy atom. The van der Waals surface area contributed by atoms with E-state index in [1.165, 1.54) is 17.5 Å². The lowest BCUT2D eigenvalue weighted by atomic mass is 9.85. The zero-order valence-electron chi connectivity index (χ0n) is 10.0. The van der Waals surface area contributed by atoms with Gasteiger partial charge in [-0.2, -0.15) is 0 Å². The molecule has 1 unspecified atom stereocenters. The van der Waals surface area contributed by atoms with E-state index in [2.05, 4.69) is 0 Å². The molecule has 0 heterocycles. The summed E-state index contributed by atoms with van der Waals surface area (Å²) in [5.41, 5.74) is 9.33. The summed E-state index contributed by atoms with van der Waals surface area (Å²) in [6.45, 7) is -0.0941. The lowest BCUT2D eigenvalue weighted by molar-refractivity contribution is 0.263. The summed E-state index contributed by atoms with van der Waals surface area (Å²) >= 11 is 6.21. The third-order valence-corrected chi connectivity index (χ3v) is 3.65. The zero-order valence-corrected chi connectivity index (χ0v) is 10.8. The van der Waals surface area contributed by atoms with Crippen molar-refractivity contribution in [2.75, 3.05) is 13.7 Å². The number of rotatable bonds is 3. The Balaban J connectivity index is 2.61. The minimum absolute atomic E-state index is 0.0941. The van der Waals surface area contributed by atoms with Gasteiger partial charge in [-0.15, -0.1) is 0 Å². The number of aryl methyl sites for hydroxylation is 1. The minimum Gasteiger partial charge on any atom is -0.495 e. The molecule has 3 N–H and O–H groups in total. The molecule has 1 atom stereocenters. The molecular weight excluding hydrogens is 238 g/mol. The van der Waals surface area contributed by atoms with E-state index in [9.17, 15) is 5.11 Å². The Kier molecular flexibility index (Phi) is 3.92. The standard InChI is InChI=1S/C13H18ClNO2/c1-17-13-10(14)6-8-4-2-3-5-9(8)12(13)11(15)7-16/h6,11,16H,2-5,7,15H2,1H3. The number of ether oxygens (including phenoxy) is 1. The van der Waals surface area contributed by atoms with Crippen LogP contribution in [0.2, 0.25) is 5.02 Å². The van der Waals surface area contributed by atoms with Crippen molar-refractivity contribution in [2.24, 2.45) is 5.73 Å². The van der Waals surface area contributed by atoms with E-state index in [4.69, 9.17) is 22.1 Å². The molecule has 0 radical (unpaired) electrons. The van der Waals surface area contributed by atoms with Crippen LogP contribution in [0.4, 0.5) is 0 Å². The molecule has 0 bridgehead atoms. The van der Waals surface area contributed by atoms with E-state index in [1.807, 2.05) is 6.07 Å². The van der Waals surface area contributed by atoms with Crippen LogP contribution in [0.5, 0.6) is 5.75 Å². The van der Waals surface area contributed by atoms with Gasteiger partial charge in [0.1, 0.15) is 5.75 Å². The topological polar surface area (TPSA) is 55.5 Å². The van der Waals surface area contributed by atoms with Crippen LogP contribution in [0, 0.1) is 0 Å². The molecule has 0 aliphatic heterocycles. The normalized spacial score (nSPS) is 16.5. The van der Waals surface area contributed by atoms with E-state index in [1.54, 1.807) is 7.11 Å². The summed E-state index contributed by atoms with van der Waals surface area (Å²) in [5.74, 6) is 0.619. The maximum absolute atomic E-state index is 9.28. The number of halogens is 1. The first kappa shape index (κ1) is 12.7. The smallest absolute Gasteiger partial charge is 0.142 e. The summed E-state index contributed by atoms with van der Waals surface area (Å²) < 4.78 is 5.34. The first-order valence-corrected chi connectivity index (χ1v) is 6.31. The number of aliphatic hydroxyl groups excluding tert-OH is 1. The molecule has 0 spiro atoms. The van der Waals surface area contributed by atoms with Crippen molar-refractivity contribution in [3.63, 3.8) is 0 Å². The van der Waals surface area contributed by atoms with Gasteiger partial charge in [0.15, 0.2) is 0 Å². The van der Waals surface area contributed by atoms with E-state index in [-0.39, 0.29) is 6.61 Å². The number of methoxy groups -OCH3 is 1. The molecule has 94 valence electrons. The molecule has 3 nitrogen and oxygen atoms in total. The van der Waals surface area contributed by atoms with Crippen molar-refractivity contribution < 1.29 is 9.84 Å². The molecule has 1 aliphatic carbocycles. The van der Waals surface area contributed by atoms with Crippen molar-refractivity contribution in [1.29, 1.82) is 0 Å². The lowest BCUT2D eigenvalue weighted by Crippen LogP contribution is -2.20. The summed E-state index contributed by atoms with van der Waals surface area (Å²) in [5, 5.41) is 9.87. The second kappa shape index (κ2) is 5.25. The van der Waals surface area contributed by atoms with Crippen LogP contribution in [0.25, 0.3) is 0 Å². The number of benzene rings is 1. The number of fused-ring (bicyclic) bond motifs is 1. The average Bonchev–Trinajstić information content (AvgIpc) is 2.36. The van der Waals surface area contributed by atoms with Crippen LogP contribution in [0.15, 0.2) is 6.07 Å². The lowest BCUT2D eigenvalue weighted by Gasteiger charge is -2.25. The molecule has 1 aromatic rings. The van der Waals surface area contributed by atoms with E-state index < -0.39 is 6.04 Å². The fraction of sp³-hybridized carbons (Fsp3) is 0.538. The first-order chi connectivity index (χ1) is 8.19. The molecule has 4 heteroatoms. The van der Waals surface area contributed by atoms with Gasteiger partial charge in [-0.25, -0.2) is 0 Å². The molecular formula is C13H18ClNO2. The highest BCUT2D eigenvalue weighted by molar-refractivity contribution is 6.32. The van der Waals surface area contributed by atoms with Gasteiger partial charge in [-0.05, 0) is 42.9 Å². The van der Waals surface area contributed by atoms with Crippen LogP contribution in [0.3, 0.4) is 0 Å². The largest absolute Gasteiger partial charge is 0.495 e. The second-order valence-corrected chi connectivity index (χ2v) is 4.85. The van der Waals surface area contributed by atoms with Crippen LogP contribution < -0.4 is 10.5 Å². The van der Waals surface area contributed by atoms with Crippen LogP contribution in [-0.2, 0) is 12.8 Å². The maximum atomic E-state index is 9.28. The Bertz CT molecular complexity index is 420. The molecule has 2 rings (SSSR count). The Morgan fingerprint density at radius 1 is 1.47 bits per heavy atom. The molecule has 1 aromatic carbocycles. The quantitative estimate of drug-likeness (QED) is 0.871. The second-order valence-electron chi connectivity index (χ2n) is 4.44. The van der Waals surface area contributed by atoms with Crippen molar-refractivity contribution in [2.45, 2.75) is 31.7 Å². The number of aliphatic hydroxyl groups is 1. The monoisotopic (exact) mass is 255 g/mol. The third-order valence-electron chi connectivity index (χ3n) is 3.37. The molecule has 0 aromatic heterocycles. The van der Waals surface area contributed by atoms with Gasteiger partial charge in [0.2, 0.25) is 0 Å². The Hall–Kier alpha value is -0.770. The minimum atomic E-state index is -0.421. The maximum Gasteiger partial charge on any atom is 0.142 e. The summed E-state index contributed by atoms with van der Waals surface area (Å²) in [6.07, 6.45) is 4.36. The summed E-state index contributed by atoms with van der Waals surface area (Å²) in [7, 11) is 1.59. The van der Waals surface area contributed by atoms with Crippen LogP contribution >= 0.6 is 11.6 Å². The summed E-state index contributed by atoms with van der Waals surface area (Å²) in [4.78, 5) is 0. The van der Waals surface area contributed by atoms with Crippen molar-refractivity contribution >= 4 is 11.6 Å². The molecule has 0 fully saturated rings. The molecule has 0 saturated heterocycles. The van der Waals surface area contributed by atoms with Gasteiger partial charge < -0.3 is 15.6 Å². The third kappa shape index (κ3) is 2.28. The van der Waals surface area contributed by atoms with E-state index >= 15 is 0 Å². The Labute approximate surface area is 107 Å². The first-order valence-electron chi connectivity index (χ1n) is 5.93. The van der Waals surface area contributed by atoms with Gasteiger partial charge >= 0.3 is 0 Å². The number of hydrogen-bond donors (Lipinski definition) is 2. The molecule has 17 heavy (non-hydrogen) atoms.